The maximum absolute atomic E-state index is 13.5. The molecule has 1 atom stereocenters. The molecule has 0 radical (unpaired) electrons. The molecule has 1 fully saturated rings. The van der Waals surface area contributed by atoms with Gasteiger partial charge in [-0.25, -0.2) is 9.18 Å². The van der Waals surface area contributed by atoms with E-state index in [1.165, 1.54) is 6.07 Å². The lowest BCUT2D eigenvalue weighted by Gasteiger charge is -2.32. The smallest absolute Gasteiger partial charge is 0.317 e. The quantitative estimate of drug-likeness (QED) is 0.921. The summed E-state index contributed by atoms with van der Waals surface area (Å²) in [6.07, 6.45) is 2.05. The second-order valence-electron chi connectivity index (χ2n) is 4.92. The van der Waals surface area contributed by atoms with Crippen LogP contribution in [0.4, 0.5) is 9.18 Å². The van der Waals surface area contributed by atoms with Gasteiger partial charge in [-0.3, -0.25) is 0 Å². The predicted octanol–water partition coefficient (Wildman–Crippen LogP) is 2.54. The molecule has 1 unspecified atom stereocenters. The lowest BCUT2D eigenvalue weighted by Crippen LogP contribution is -2.47. The third-order valence-corrected chi connectivity index (χ3v) is 3.46. The van der Waals surface area contributed by atoms with Gasteiger partial charge in [0.05, 0.1) is 6.10 Å². The highest BCUT2D eigenvalue weighted by Gasteiger charge is 2.23. The number of hydrogen-bond acceptors (Lipinski definition) is 2. The summed E-state index contributed by atoms with van der Waals surface area (Å²) in [6, 6.07) is 6.31. The zero-order valence-corrected chi connectivity index (χ0v) is 11.8. The van der Waals surface area contributed by atoms with E-state index in [4.69, 9.17) is 4.74 Å². The molecule has 1 aliphatic rings. The molecule has 20 heavy (non-hydrogen) atoms. The topological polar surface area (TPSA) is 41.6 Å². The average molecular weight is 280 g/mol. The Labute approximate surface area is 118 Å². The van der Waals surface area contributed by atoms with Crippen molar-refractivity contribution in [3.63, 3.8) is 0 Å². The number of carbonyl (C=O) groups is 1. The highest BCUT2D eigenvalue weighted by molar-refractivity contribution is 5.74. The summed E-state index contributed by atoms with van der Waals surface area (Å²) >= 11 is 0. The normalized spacial score (nSPS) is 18.9. The van der Waals surface area contributed by atoms with Gasteiger partial charge in [0.1, 0.15) is 5.82 Å². The van der Waals surface area contributed by atoms with Gasteiger partial charge in [-0.05, 0) is 25.8 Å². The molecule has 2 rings (SSSR count). The molecule has 2 amide bonds. The number of urea groups is 1. The summed E-state index contributed by atoms with van der Waals surface area (Å²) in [5.74, 6) is -0.293. The van der Waals surface area contributed by atoms with Crippen LogP contribution in [0.1, 0.15) is 25.3 Å². The van der Waals surface area contributed by atoms with Crippen molar-refractivity contribution in [2.24, 2.45) is 0 Å². The van der Waals surface area contributed by atoms with Gasteiger partial charge < -0.3 is 15.0 Å². The van der Waals surface area contributed by atoms with Crippen molar-refractivity contribution in [3.05, 3.63) is 35.6 Å². The zero-order valence-electron chi connectivity index (χ0n) is 11.8. The van der Waals surface area contributed by atoms with Crippen LogP contribution in [-0.4, -0.2) is 36.7 Å². The van der Waals surface area contributed by atoms with E-state index < -0.39 is 0 Å². The number of halogens is 1. The molecule has 0 aromatic heterocycles. The minimum atomic E-state index is -0.293. The number of carbonyl (C=O) groups excluding carboxylic acids is 1. The molecule has 1 saturated heterocycles. The minimum absolute atomic E-state index is 0.118. The van der Waals surface area contributed by atoms with Gasteiger partial charge in [0, 0.05) is 31.8 Å². The third-order valence-electron chi connectivity index (χ3n) is 3.46. The predicted molar refractivity (Wildman–Crippen MR) is 74.9 cm³/mol. The number of hydrogen-bond donors (Lipinski definition) is 1. The van der Waals surface area contributed by atoms with Crippen LogP contribution in [0.5, 0.6) is 0 Å². The molecule has 0 saturated carbocycles. The first-order valence-electron chi connectivity index (χ1n) is 7.08. The van der Waals surface area contributed by atoms with Crippen molar-refractivity contribution < 1.29 is 13.9 Å². The molecule has 4 nitrogen and oxygen atoms in total. The fourth-order valence-electron chi connectivity index (χ4n) is 2.42. The molecule has 1 aromatic carbocycles. The Balaban J connectivity index is 1.84. The van der Waals surface area contributed by atoms with Crippen molar-refractivity contribution in [1.29, 1.82) is 0 Å². The molecule has 0 bridgehead atoms. The minimum Gasteiger partial charge on any atom is -0.377 e. The Morgan fingerprint density at radius 2 is 2.30 bits per heavy atom. The first-order valence-corrected chi connectivity index (χ1v) is 7.08. The Bertz CT molecular complexity index is 451. The number of nitrogens with one attached hydrogen (secondary N) is 1. The number of rotatable bonds is 4. The van der Waals surface area contributed by atoms with E-state index in [9.17, 15) is 9.18 Å². The average Bonchev–Trinajstić information content (AvgIpc) is 2.47. The van der Waals surface area contributed by atoms with Gasteiger partial charge in [0.15, 0.2) is 0 Å². The van der Waals surface area contributed by atoms with E-state index in [1.54, 1.807) is 23.1 Å². The van der Waals surface area contributed by atoms with Gasteiger partial charge in [-0.15, -0.1) is 0 Å². The first-order chi connectivity index (χ1) is 9.70. The summed E-state index contributed by atoms with van der Waals surface area (Å²) in [6.45, 7) is 4.16. The number of likely N-dealkylation sites (tertiary alicyclic amines) is 1. The number of piperidine rings is 1. The maximum atomic E-state index is 13.5. The standard InChI is InChI=1S/C15H21FN2O2/c1-2-20-13-7-5-9-18(11-13)15(19)17-10-12-6-3-4-8-14(12)16/h3-4,6,8,13H,2,5,7,9-11H2,1H3,(H,17,19). The van der Waals surface area contributed by atoms with E-state index in [2.05, 4.69) is 5.32 Å². The molecule has 1 heterocycles. The van der Waals surface area contributed by atoms with Gasteiger partial charge in [-0.1, -0.05) is 18.2 Å². The Morgan fingerprint density at radius 3 is 3.05 bits per heavy atom. The van der Waals surface area contributed by atoms with Crippen molar-refractivity contribution in [1.82, 2.24) is 10.2 Å². The van der Waals surface area contributed by atoms with Crippen LogP contribution < -0.4 is 5.32 Å². The molecular weight excluding hydrogens is 259 g/mol. The van der Waals surface area contributed by atoms with Gasteiger partial charge in [0.25, 0.3) is 0 Å². The number of nitrogens with zero attached hydrogens (tertiary/aromatic N) is 1. The van der Waals surface area contributed by atoms with Gasteiger partial charge >= 0.3 is 6.03 Å². The lowest BCUT2D eigenvalue weighted by atomic mass is 10.1. The van der Waals surface area contributed by atoms with Gasteiger partial charge in [0.2, 0.25) is 0 Å². The third kappa shape index (κ3) is 3.93. The summed E-state index contributed by atoms with van der Waals surface area (Å²) in [5, 5.41) is 2.76. The highest BCUT2D eigenvalue weighted by atomic mass is 19.1. The first kappa shape index (κ1) is 14.8. The summed E-state index contributed by atoms with van der Waals surface area (Å²) in [5.41, 5.74) is 0.499. The molecule has 1 aromatic rings. The van der Waals surface area contributed by atoms with E-state index in [0.717, 1.165) is 19.4 Å². The van der Waals surface area contributed by atoms with Crippen LogP contribution in [0, 0.1) is 5.82 Å². The SMILES string of the molecule is CCOC1CCCN(C(=O)NCc2ccccc2F)C1. The summed E-state index contributed by atoms with van der Waals surface area (Å²) < 4.78 is 19.0. The number of ether oxygens (including phenoxy) is 1. The second-order valence-corrected chi connectivity index (χ2v) is 4.92. The fraction of sp³-hybridized carbons (Fsp3) is 0.533. The lowest BCUT2D eigenvalue weighted by molar-refractivity contribution is 0.0164. The van der Waals surface area contributed by atoms with Crippen LogP contribution in [0.3, 0.4) is 0 Å². The fourth-order valence-corrected chi connectivity index (χ4v) is 2.42. The molecule has 0 spiro atoms. The molecular formula is C15H21FN2O2. The summed E-state index contributed by atoms with van der Waals surface area (Å²) in [4.78, 5) is 13.8. The van der Waals surface area contributed by atoms with Crippen LogP contribution >= 0.6 is 0 Å². The molecule has 5 heteroatoms. The van der Waals surface area contributed by atoms with Crippen molar-refractivity contribution in [2.75, 3.05) is 19.7 Å². The molecule has 1 N–H and O–H groups in total. The molecule has 110 valence electrons. The van der Waals surface area contributed by atoms with E-state index in [1.807, 2.05) is 6.92 Å². The van der Waals surface area contributed by atoms with E-state index in [0.29, 0.717) is 18.7 Å². The zero-order chi connectivity index (χ0) is 14.4. The Kier molecular flexibility index (Phi) is 5.35. The van der Waals surface area contributed by atoms with E-state index in [-0.39, 0.29) is 24.5 Å². The summed E-state index contributed by atoms with van der Waals surface area (Å²) in [7, 11) is 0. The number of amides is 2. The van der Waals surface area contributed by atoms with Gasteiger partial charge in [-0.2, -0.15) is 0 Å². The van der Waals surface area contributed by atoms with E-state index >= 15 is 0 Å². The monoisotopic (exact) mass is 280 g/mol. The van der Waals surface area contributed by atoms with Crippen molar-refractivity contribution >= 4 is 6.03 Å². The highest BCUT2D eigenvalue weighted by Crippen LogP contribution is 2.13. The second kappa shape index (κ2) is 7.24. The largest absolute Gasteiger partial charge is 0.377 e. The molecule has 0 aliphatic carbocycles. The molecule has 1 aliphatic heterocycles. The van der Waals surface area contributed by atoms with Crippen molar-refractivity contribution in [3.8, 4) is 0 Å². The Hall–Kier alpha value is -1.62. The van der Waals surface area contributed by atoms with Crippen LogP contribution in [0.15, 0.2) is 24.3 Å². The van der Waals surface area contributed by atoms with Crippen molar-refractivity contribution in [2.45, 2.75) is 32.4 Å². The van der Waals surface area contributed by atoms with Crippen LogP contribution in [0.2, 0.25) is 0 Å². The maximum Gasteiger partial charge on any atom is 0.317 e. The number of benzene rings is 1. The Morgan fingerprint density at radius 1 is 1.50 bits per heavy atom. The van der Waals surface area contributed by atoms with Crippen LogP contribution in [-0.2, 0) is 11.3 Å². The van der Waals surface area contributed by atoms with Crippen LogP contribution in [0.25, 0.3) is 0 Å².